The lowest BCUT2D eigenvalue weighted by molar-refractivity contribution is 0.410. The van der Waals surface area contributed by atoms with Gasteiger partial charge in [0.1, 0.15) is 5.75 Å². The van der Waals surface area contributed by atoms with Gasteiger partial charge < -0.3 is 10.5 Å². The van der Waals surface area contributed by atoms with Gasteiger partial charge in [-0.3, -0.25) is 0 Å². The quantitative estimate of drug-likeness (QED) is 0.808. The molecule has 0 spiro atoms. The van der Waals surface area contributed by atoms with E-state index in [0.29, 0.717) is 6.54 Å². The molecular weight excluding hydrogens is 174 g/mol. The molecule has 1 rings (SSSR count). The summed E-state index contributed by atoms with van der Waals surface area (Å²) in [5.41, 5.74) is 6.61. The highest BCUT2D eigenvalue weighted by Gasteiger charge is 1.97. The molecule has 0 fully saturated rings. The predicted molar refractivity (Wildman–Crippen MR) is 63.8 cm³/mol. The monoisotopic (exact) mass is 197 g/mol. The SMILES string of the molecule is C.CC.COc1ccccc1CCN. The second-order valence-corrected chi connectivity index (χ2v) is 2.35. The summed E-state index contributed by atoms with van der Waals surface area (Å²) >= 11 is 0. The fraction of sp³-hybridized carbons (Fsp3) is 0.500. The van der Waals surface area contributed by atoms with Crippen LogP contribution in [-0.2, 0) is 6.42 Å². The Kier molecular flexibility index (Phi) is 11.1. The molecule has 2 heteroatoms. The van der Waals surface area contributed by atoms with Crippen molar-refractivity contribution in [3.63, 3.8) is 0 Å². The van der Waals surface area contributed by atoms with E-state index in [1.807, 2.05) is 38.1 Å². The summed E-state index contributed by atoms with van der Waals surface area (Å²) in [7, 11) is 1.68. The van der Waals surface area contributed by atoms with Gasteiger partial charge in [0.25, 0.3) is 0 Å². The summed E-state index contributed by atoms with van der Waals surface area (Å²) in [6, 6.07) is 7.93. The van der Waals surface area contributed by atoms with Crippen molar-refractivity contribution >= 4 is 0 Å². The van der Waals surface area contributed by atoms with Crippen molar-refractivity contribution in [1.29, 1.82) is 0 Å². The number of ether oxygens (including phenoxy) is 1. The van der Waals surface area contributed by atoms with Gasteiger partial charge in [0.15, 0.2) is 0 Å². The lowest BCUT2D eigenvalue weighted by atomic mass is 10.1. The Morgan fingerprint density at radius 2 is 1.79 bits per heavy atom. The summed E-state index contributed by atoms with van der Waals surface area (Å²) in [4.78, 5) is 0. The molecule has 0 aliphatic carbocycles. The zero-order valence-electron chi connectivity index (χ0n) is 8.71. The number of para-hydroxylation sites is 1. The van der Waals surface area contributed by atoms with Crippen LogP contribution >= 0.6 is 0 Å². The minimum Gasteiger partial charge on any atom is -0.496 e. The van der Waals surface area contributed by atoms with E-state index < -0.39 is 0 Å². The maximum Gasteiger partial charge on any atom is 0.122 e. The van der Waals surface area contributed by atoms with Crippen molar-refractivity contribution in [2.24, 2.45) is 5.73 Å². The molecule has 0 aromatic heterocycles. The van der Waals surface area contributed by atoms with Crippen molar-refractivity contribution in [2.75, 3.05) is 13.7 Å². The van der Waals surface area contributed by atoms with Gasteiger partial charge in [0.05, 0.1) is 7.11 Å². The molecule has 0 unspecified atom stereocenters. The molecule has 0 radical (unpaired) electrons. The van der Waals surface area contributed by atoms with Gasteiger partial charge in [-0.25, -0.2) is 0 Å². The third-order valence-corrected chi connectivity index (χ3v) is 1.61. The average molecular weight is 197 g/mol. The van der Waals surface area contributed by atoms with Crippen molar-refractivity contribution in [1.82, 2.24) is 0 Å². The Morgan fingerprint density at radius 3 is 2.29 bits per heavy atom. The molecule has 0 heterocycles. The van der Waals surface area contributed by atoms with E-state index in [2.05, 4.69) is 0 Å². The Balaban J connectivity index is 0. The number of hydrogen-bond acceptors (Lipinski definition) is 2. The molecule has 0 amide bonds. The number of methoxy groups -OCH3 is 1. The first-order valence-corrected chi connectivity index (χ1v) is 4.70. The molecule has 0 atom stereocenters. The Labute approximate surface area is 88.1 Å². The molecule has 0 saturated heterocycles. The van der Waals surface area contributed by atoms with Gasteiger partial charge in [-0.05, 0) is 24.6 Å². The molecule has 14 heavy (non-hydrogen) atoms. The van der Waals surface area contributed by atoms with Crippen LogP contribution in [0.2, 0.25) is 0 Å². The van der Waals surface area contributed by atoms with Crippen LogP contribution in [0.5, 0.6) is 5.75 Å². The zero-order chi connectivity index (χ0) is 10.1. The molecule has 1 aromatic rings. The van der Waals surface area contributed by atoms with Crippen LogP contribution in [0.25, 0.3) is 0 Å². The zero-order valence-corrected chi connectivity index (χ0v) is 8.71. The molecule has 2 nitrogen and oxygen atoms in total. The summed E-state index contributed by atoms with van der Waals surface area (Å²) in [5, 5.41) is 0. The third kappa shape index (κ3) is 4.87. The second kappa shape index (κ2) is 10.1. The average Bonchev–Trinajstić information content (AvgIpc) is 2.22. The van der Waals surface area contributed by atoms with Crippen LogP contribution < -0.4 is 10.5 Å². The maximum absolute atomic E-state index is 5.43. The van der Waals surface area contributed by atoms with Crippen LogP contribution in [0.3, 0.4) is 0 Å². The van der Waals surface area contributed by atoms with Gasteiger partial charge in [-0.2, -0.15) is 0 Å². The van der Waals surface area contributed by atoms with Crippen LogP contribution in [0, 0.1) is 0 Å². The van der Waals surface area contributed by atoms with Gasteiger partial charge in [-0.1, -0.05) is 39.5 Å². The van der Waals surface area contributed by atoms with E-state index in [1.165, 1.54) is 5.56 Å². The first kappa shape index (κ1) is 15.5. The standard InChI is InChI=1S/C9H13NO.C2H6.CH4/c1-11-9-5-3-2-4-8(9)6-7-10;1-2;/h2-5H,6-7,10H2,1H3;1-2H3;1H4. The summed E-state index contributed by atoms with van der Waals surface area (Å²) in [5.74, 6) is 0.929. The van der Waals surface area contributed by atoms with Crippen LogP contribution in [-0.4, -0.2) is 13.7 Å². The van der Waals surface area contributed by atoms with Crippen molar-refractivity contribution in [2.45, 2.75) is 27.7 Å². The fourth-order valence-electron chi connectivity index (χ4n) is 1.07. The minimum absolute atomic E-state index is 0. The Hall–Kier alpha value is -1.02. The van der Waals surface area contributed by atoms with Gasteiger partial charge in [0.2, 0.25) is 0 Å². The number of nitrogens with two attached hydrogens (primary N) is 1. The normalized spacial score (nSPS) is 8.00. The minimum atomic E-state index is 0. The Bertz CT molecular complexity index is 223. The molecular formula is C12H23NO. The van der Waals surface area contributed by atoms with Crippen molar-refractivity contribution in [3.8, 4) is 5.75 Å². The Morgan fingerprint density at radius 1 is 1.21 bits per heavy atom. The number of rotatable bonds is 3. The molecule has 0 aliphatic heterocycles. The smallest absolute Gasteiger partial charge is 0.122 e. The first-order valence-electron chi connectivity index (χ1n) is 4.70. The van der Waals surface area contributed by atoms with Gasteiger partial charge in [-0.15, -0.1) is 0 Å². The molecule has 0 bridgehead atoms. The third-order valence-electron chi connectivity index (χ3n) is 1.61. The lowest BCUT2D eigenvalue weighted by Gasteiger charge is -2.05. The maximum atomic E-state index is 5.43. The molecule has 2 N–H and O–H groups in total. The predicted octanol–water partition coefficient (Wildman–Crippen LogP) is 2.86. The van der Waals surface area contributed by atoms with Crippen LogP contribution in [0.15, 0.2) is 24.3 Å². The van der Waals surface area contributed by atoms with Gasteiger partial charge >= 0.3 is 0 Å². The van der Waals surface area contributed by atoms with E-state index in [-0.39, 0.29) is 7.43 Å². The fourth-order valence-corrected chi connectivity index (χ4v) is 1.07. The van der Waals surface area contributed by atoms with E-state index in [4.69, 9.17) is 10.5 Å². The topological polar surface area (TPSA) is 35.2 Å². The van der Waals surface area contributed by atoms with Gasteiger partial charge in [0, 0.05) is 0 Å². The van der Waals surface area contributed by atoms with Crippen molar-refractivity contribution < 1.29 is 4.74 Å². The number of hydrogen-bond donors (Lipinski definition) is 1. The molecule has 1 aromatic carbocycles. The highest BCUT2D eigenvalue weighted by atomic mass is 16.5. The van der Waals surface area contributed by atoms with E-state index in [9.17, 15) is 0 Å². The molecule has 82 valence electrons. The largest absolute Gasteiger partial charge is 0.496 e. The highest BCUT2D eigenvalue weighted by Crippen LogP contribution is 2.16. The van der Waals surface area contributed by atoms with Crippen molar-refractivity contribution in [3.05, 3.63) is 29.8 Å². The van der Waals surface area contributed by atoms with Crippen LogP contribution in [0.4, 0.5) is 0 Å². The van der Waals surface area contributed by atoms with E-state index >= 15 is 0 Å². The van der Waals surface area contributed by atoms with E-state index in [1.54, 1.807) is 7.11 Å². The first-order chi connectivity index (χ1) is 6.38. The molecule has 0 aliphatic rings. The summed E-state index contributed by atoms with van der Waals surface area (Å²) in [6.45, 7) is 4.67. The van der Waals surface area contributed by atoms with E-state index in [0.717, 1.165) is 12.2 Å². The summed E-state index contributed by atoms with van der Waals surface area (Å²) < 4.78 is 5.14. The van der Waals surface area contributed by atoms with Crippen LogP contribution in [0.1, 0.15) is 26.8 Å². The molecule has 0 saturated carbocycles. The highest BCUT2D eigenvalue weighted by molar-refractivity contribution is 5.33. The lowest BCUT2D eigenvalue weighted by Crippen LogP contribution is -2.03. The summed E-state index contributed by atoms with van der Waals surface area (Å²) in [6.07, 6.45) is 0.879. The number of benzene rings is 1. The second-order valence-electron chi connectivity index (χ2n) is 2.35.